The second kappa shape index (κ2) is 12.7. The second-order valence-electron chi connectivity index (χ2n) is 10.8. The molecule has 0 spiro atoms. The number of methoxy groups -OCH3 is 4. The summed E-state index contributed by atoms with van der Waals surface area (Å²) in [4.78, 5) is 26.2. The largest absolute Gasteiger partial charge is 0.493 e. The summed E-state index contributed by atoms with van der Waals surface area (Å²) in [5.74, 6) is -0.777. The highest BCUT2D eigenvalue weighted by atomic mass is 16.7. The molecular formula is C33H36O12. The molecular weight excluding hydrogens is 588 g/mol. The number of hydrogen-bond acceptors (Lipinski definition) is 12. The van der Waals surface area contributed by atoms with Gasteiger partial charge in [0.15, 0.2) is 35.9 Å². The molecule has 0 amide bonds. The first-order chi connectivity index (χ1) is 21.6. The van der Waals surface area contributed by atoms with Gasteiger partial charge in [0.2, 0.25) is 18.3 Å². The summed E-state index contributed by atoms with van der Waals surface area (Å²) in [6.45, 7) is 4.17. The number of ether oxygens (including phenoxy) is 9. The lowest BCUT2D eigenvalue weighted by Crippen LogP contribution is -2.46. The van der Waals surface area contributed by atoms with Crippen molar-refractivity contribution in [1.82, 2.24) is 0 Å². The second-order valence-corrected chi connectivity index (χ2v) is 10.8. The molecule has 2 aliphatic rings. The number of aliphatic hydroxyl groups is 1. The topological polar surface area (TPSA) is 137 Å². The first kappa shape index (κ1) is 31.7. The molecule has 0 saturated heterocycles. The van der Waals surface area contributed by atoms with Crippen molar-refractivity contribution in [2.45, 2.75) is 38.6 Å². The fraction of sp³-hybridized carbons (Fsp3) is 0.394. The van der Waals surface area contributed by atoms with Crippen LogP contribution in [0.3, 0.4) is 0 Å². The molecule has 0 unspecified atom stereocenters. The fourth-order valence-corrected chi connectivity index (χ4v) is 5.81. The summed E-state index contributed by atoms with van der Waals surface area (Å²) in [5.41, 5.74) is -0.162. The van der Waals surface area contributed by atoms with Gasteiger partial charge in [0.1, 0.15) is 11.7 Å². The third kappa shape index (κ3) is 5.55. The van der Waals surface area contributed by atoms with Gasteiger partial charge in [0.05, 0.1) is 26.9 Å². The van der Waals surface area contributed by atoms with Gasteiger partial charge in [-0.1, -0.05) is 25.1 Å². The van der Waals surface area contributed by atoms with Crippen molar-refractivity contribution in [1.29, 1.82) is 0 Å². The highest BCUT2D eigenvalue weighted by molar-refractivity contribution is 5.92. The van der Waals surface area contributed by atoms with Gasteiger partial charge < -0.3 is 47.7 Å². The molecule has 0 aromatic heterocycles. The number of hydrogen-bond donors (Lipinski definition) is 1. The summed E-state index contributed by atoms with van der Waals surface area (Å²) in [5, 5.41) is 12.4. The smallest absolute Gasteiger partial charge is 0.338 e. The molecule has 3 aromatic rings. The number of esters is 2. The van der Waals surface area contributed by atoms with E-state index in [1.165, 1.54) is 42.3 Å². The third-order valence-corrected chi connectivity index (χ3v) is 8.10. The van der Waals surface area contributed by atoms with Crippen molar-refractivity contribution in [3.05, 3.63) is 59.2 Å². The molecule has 1 aliphatic heterocycles. The van der Waals surface area contributed by atoms with Crippen LogP contribution in [0.4, 0.5) is 0 Å². The molecule has 5 rings (SSSR count). The normalized spacial score (nSPS) is 21.4. The van der Waals surface area contributed by atoms with Crippen LogP contribution in [-0.2, 0) is 19.0 Å². The molecule has 1 N–H and O–H groups in total. The number of carbonyl (C=O) groups excluding carboxylic acids is 2. The van der Waals surface area contributed by atoms with Gasteiger partial charge in [0.25, 0.3) is 0 Å². The van der Waals surface area contributed by atoms with E-state index in [1.54, 1.807) is 49.4 Å². The summed E-state index contributed by atoms with van der Waals surface area (Å²) in [6, 6.07) is 11.7. The van der Waals surface area contributed by atoms with E-state index in [4.69, 9.17) is 42.6 Å². The van der Waals surface area contributed by atoms with E-state index in [2.05, 4.69) is 0 Å². The Morgan fingerprint density at radius 2 is 1.60 bits per heavy atom. The van der Waals surface area contributed by atoms with Crippen LogP contribution >= 0.6 is 0 Å². The quantitative estimate of drug-likeness (QED) is 0.254. The average molecular weight is 625 g/mol. The lowest BCUT2D eigenvalue weighted by atomic mass is 9.71. The minimum atomic E-state index is -1.84. The molecule has 4 atom stereocenters. The highest BCUT2D eigenvalue weighted by Crippen LogP contribution is 2.61. The van der Waals surface area contributed by atoms with Crippen LogP contribution in [-0.4, -0.2) is 64.7 Å². The van der Waals surface area contributed by atoms with E-state index in [9.17, 15) is 14.7 Å². The van der Waals surface area contributed by atoms with Crippen LogP contribution in [0.5, 0.6) is 34.5 Å². The van der Waals surface area contributed by atoms with Crippen LogP contribution in [0, 0.1) is 5.92 Å². The molecule has 240 valence electrons. The Hall–Kier alpha value is -4.68. The molecule has 0 bridgehead atoms. The zero-order valence-electron chi connectivity index (χ0n) is 26.1. The van der Waals surface area contributed by atoms with Gasteiger partial charge in [-0.15, -0.1) is 0 Å². The van der Waals surface area contributed by atoms with Gasteiger partial charge in [-0.2, -0.15) is 0 Å². The third-order valence-electron chi connectivity index (χ3n) is 8.10. The maximum atomic E-state index is 13.6. The molecule has 12 heteroatoms. The summed E-state index contributed by atoms with van der Waals surface area (Å²) in [6.07, 6.45) is -2.47. The Morgan fingerprint density at radius 3 is 2.22 bits per heavy atom. The van der Waals surface area contributed by atoms with E-state index >= 15 is 0 Å². The lowest BCUT2D eigenvalue weighted by Gasteiger charge is -2.43. The predicted molar refractivity (Wildman–Crippen MR) is 159 cm³/mol. The summed E-state index contributed by atoms with van der Waals surface area (Å²) in [7, 11) is 5.80. The molecule has 0 radical (unpaired) electrons. The molecule has 12 nitrogen and oxygen atoms in total. The first-order valence-corrected chi connectivity index (χ1v) is 14.2. The Bertz CT molecular complexity index is 1580. The van der Waals surface area contributed by atoms with Crippen molar-refractivity contribution in [2.24, 2.45) is 5.92 Å². The SMILES string of the molecule is COCOc1c2c(cc3c1-c1c(cc(OC)c(OC)c1OC)[C@H](OC(C)=O)[C@@](C)(O)[C@@H](C)[C@H]3OC(=O)c1ccccc1)OCO2. The van der Waals surface area contributed by atoms with Crippen molar-refractivity contribution in [3.8, 4) is 45.6 Å². The monoisotopic (exact) mass is 624 g/mol. The van der Waals surface area contributed by atoms with Gasteiger partial charge >= 0.3 is 11.9 Å². The Balaban J connectivity index is 1.94. The van der Waals surface area contributed by atoms with E-state index in [-0.39, 0.29) is 42.3 Å². The molecule has 0 fully saturated rings. The Kier molecular flexibility index (Phi) is 8.98. The number of rotatable bonds is 9. The van der Waals surface area contributed by atoms with Crippen molar-refractivity contribution < 1.29 is 57.3 Å². The maximum Gasteiger partial charge on any atom is 0.338 e. The zero-order valence-corrected chi connectivity index (χ0v) is 26.1. The fourth-order valence-electron chi connectivity index (χ4n) is 5.81. The van der Waals surface area contributed by atoms with Crippen molar-refractivity contribution >= 4 is 11.9 Å². The van der Waals surface area contributed by atoms with Crippen LogP contribution in [0.15, 0.2) is 42.5 Å². The Morgan fingerprint density at radius 1 is 0.911 bits per heavy atom. The lowest BCUT2D eigenvalue weighted by molar-refractivity contribution is -0.176. The highest BCUT2D eigenvalue weighted by Gasteiger charge is 2.51. The van der Waals surface area contributed by atoms with E-state index < -0.39 is 35.7 Å². The van der Waals surface area contributed by atoms with Gasteiger partial charge in [0, 0.05) is 42.2 Å². The average Bonchev–Trinajstić information content (AvgIpc) is 3.51. The molecule has 1 aliphatic carbocycles. The van der Waals surface area contributed by atoms with Crippen LogP contribution in [0.2, 0.25) is 0 Å². The van der Waals surface area contributed by atoms with Crippen LogP contribution < -0.4 is 28.4 Å². The summed E-state index contributed by atoms with van der Waals surface area (Å²) < 4.78 is 52.5. The predicted octanol–water partition coefficient (Wildman–Crippen LogP) is 4.99. The van der Waals surface area contributed by atoms with Gasteiger partial charge in [-0.05, 0) is 31.2 Å². The maximum absolute atomic E-state index is 13.6. The number of carbonyl (C=O) groups is 2. The van der Waals surface area contributed by atoms with E-state index in [1.807, 2.05) is 0 Å². The minimum Gasteiger partial charge on any atom is -0.493 e. The molecule has 45 heavy (non-hydrogen) atoms. The van der Waals surface area contributed by atoms with Crippen LogP contribution in [0.1, 0.15) is 54.5 Å². The van der Waals surface area contributed by atoms with E-state index in [0.717, 1.165) is 0 Å². The van der Waals surface area contributed by atoms with Crippen molar-refractivity contribution in [3.63, 3.8) is 0 Å². The first-order valence-electron chi connectivity index (χ1n) is 14.2. The van der Waals surface area contributed by atoms with Gasteiger partial charge in [-0.25, -0.2) is 4.79 Å². The summed E-state index contributed by atoms with van der Waals surface area (Å²) >= 11 is 0. The number of fused-ring (bicyclic) bond motifs is 4. The van der Waals surface area contributed by atoms with E-state index in [0.29, 0.717) is 33.6 Å². The van der Waals surface area contributed by atoms with Crippen LogP contribution in [0.25, 0.3) is 11.1 Å². The standard InChI is InChI=1S/C33H36O12/c1-17-26(45-32(35)19-11-9-8-10-12-19)20-13-23-28(43-16-41-23)30(42-15-37-4)24(20)25-21(31(33(17,3)36)44-18(2)34)14-22(38-5)27(39-6)29(25)40-7/h8-14,17,26,31,36H,15-16H2,1-7H3/t17-,26+,31-,33-/m0/s1. The minimum absolute atomic E-state index is 0.102. The molecule has 0 saturated carbocycles. The molecule has 3 aromatic carbocycles. The zero-order chi connectivity index (χ0) is 32.5. The Labute approximate surface area is 260 Å². The van der Waals surface area contributed by atoms with Gasteiger partial charge in [-0.3, -0.25) is 4.79 Å². The molecule has 1 heterocycles. The van der Waals surface area contributed by atoms with Crippen molar-refractivity contribution in [2.75, 3.05) is 42.0 Å². The number of benzene rings is 3.